The Hall–Kier alpha value is -1.71. The van der Waals surface area contributed by atoms with Gasteiger partial charge in [0.05, 0.1) is 13.5 Å². The van der Waals surface area contributed by atoms with Crippen LogP contribution in [0.25, 0.3) is 0 Å². The topological polar surface area (TPSA) is 66.8 Å². The molecule has 0 spiro atoms. The Bertz CT molecular complexity index is 319. The maximum atomic E-state index is 10.8. The van der Waals surface area contributed by atoms with Gasteiger partial charge in [-0.2, -0.15) is 0 Å². The number of esters is 1. The average molecular weight is 182 g/mol. The number of aromatic hydroxyl groups is 2. The van der Waals surface area contributed by atoms with Gasteiger partial charge in [-0.05, 0) is 18.2 Å². The number of ether oxygens (including phenoxy) is 1. The minimum Gasteiger partial charge on any atom is -0.508 e. The van der Waals surface area contributed by atoms with Gasteiger partial charge in [-0.3, -0.25) is 4.79 Å². The first-order valence-corrected chi connectivity index (χ1v) is 3.71. The average Bonchev–Trinajstić information content (AvgIpc) is 2.11. The van der Waals surface area contributed by atoms with Crippen LogP contribution in [-0.4, -0.2) is 23.3 Å². The predicted octanol–water partition coefficient (Wildman–Crippen LogP) is 0.813. The van der Waals surface area contributed by atoms with E-state index < -0.39 is 5.97 Å². The zero-order valence-electron chi connectivity index (χ0n) is 7.15. The Balaban J connectivity index is 2.87. The van der Waals surface area contributed by atoms with Crippen LogP contribution in [-0.2, 0) is 16.0 Å². The van der Waals surface area contributed by atoms with E-state index in [1.165, 1.54) is 25.3 Å². The van der Waals surface area contributed by atoms with Crippen molar-refractivity contribution in [3.63, 3.8) is 0 Å². The van der Waals surface area contributed by atoms with E-state index in [-0.39, 0.29) is 17.9 Å². The van der Waals surface area contributed by atoms with Crippen LogP contribution in [0.1, 0.15) is 5.56 Å². The van der Waals surface area contributed by atoms with Gasteiger partial charge in [-0.25, -0.2) is 0 Å². The van der Waals surface area contributed by atoms with Crippen molar-refractivity contribution < 1.29 is 19.7 Å². The molecule has 0 fully saturated rings. The van der Waals surface area contributed by atoms with Crippen molar-refractivity contribution in [2.45, 2.75) is 6.42 Å². The normalized spacial score (nSPS) is 9.62. The summed E-state index contributed by atoms with van der Waals surface area (Å²) in [7, 11) is 1.27. The lowest BCUT2D eigenvalue weighted by molar-refractivity contribution is -0.139. The molecule has 0 radical (unpaired) electrons. The molecule has 0 bridgehead atoms. The molecule has 0 aromatic heterocycles. The highest BCUT2D eigenvalue weighted by Gasteiger charge is 2.07. The summed E-state index contributed by atoms with van der Waals surface area (Å²) in [6.07, 6.45) is -0.0449. The molecule has 0 saturated carbocycles. The first kappa shape index (κ1) is 9.38. The minimum atomic E-state index is -0.457. The largest absolute Gasteiger partial charge is 0.508 e. The van der Waals surface area contributed by atoms with Gasteiger partial charge in [0.1, 0.15) is 11.5 Å². The molecule has 1 aromatic carbocycles. The van der Waals surface area contributed by atoms with E-state index in [0.29, 0.717) is 5.56 Å². The Morgan fingerprint density at radius 3 is 2.77 bits per heavy atom. The summed E-state index contributed by atoms with van der Waals surface area (Å²) >= 11 is 0. The molecule has 0 unspecified atom stereocenters. The van der Waals surface area contributed by atoms with E-state index in [1.54, 1.807) is 0 Å². The number of hydrogen-bond acceptors (Lipinski definition) is 4. The molecule has 0 aliphatic carbocycles. The molecular formula is C9H10O4. The summed E-state index contributed by atoms with van der Waals surface area (Å²) in [5, 5.41) is 18.3. The second-order valence-electron chi connectivity index (χ2n) is 2.57. The summed E-state index contributed by atoms with van der Waals surface area (Å²) in [6, 6.07) is 4.00. The van der Waals surface area contributed by atoms with Crippen LogP contribution in [0.2, 0.25) is 0 Å². The van der Waals surface area contributed by atoms with Crippen LogP contribution in [0.5, 0.6) is 11.5 Å². The fourth-order valence-electron chi connectivity index (χ4n) is 0.941. The SMILES string of the molecule is COC(=O)Cc1cc(O)ccc1O. The fourth-order valence-corrected chi connectivity index (χ4v) is 0.941. The van der Waals surface area contributed by atoms with Crippen molar-refractivity contribution in [3.8, 4) is 11.5 Å². The number of phenols is 2. The van der Waals surface area contributed by atoms with E-state index in [1.807, 2.05) is 0 Å². The summed E-state index contributed by atoms with van der Waals surface area (Å²) < 4.78 is 4.42. The van der Waals surface area contributed by atoms with Crippen LogP contribution < -0.4 is 0 Å². The minimum absolute atomic E-state index is 0.0108. The van der Waals surface area contributed by atoms with Crippen LogP contribution in [0.4, 0.5) is 0 Å². The highest BCUT2D eigenvalue weighted by Crippen LogP contribution is 2.22. The number of carbonyl (C=O) groups is 1. The maximum absolute atomic E-state index is 10.8. The zero-order chi connectivity index (χ0) is 9.84. The van der Waals surface area contributed by atoms with Gasteiger partial charge >= 0.3 is 5.97 Å². The number of phenolic OH excluding ortho intramolecular Hbond substituents is 2. The van der Waals surface area contributed by atoms with Crippen molar-refractivity contribution in [1.29, 1.82) is 0 Å². The third-order valence-corrected chi connectivity index (χ3v) is 1.63. The molecule has 0 heterocycles. The molecule has 2 N–H and O–H groups in total. The second-order valence-corrected chi connectivity index (χ2v) is 2.57. The van der Waals surface area contributed by atoms with Crippen molar-refractivity contribution in [3.05, 3.63) is 23.8 Å². The monoisotopic (exact) mass is 182 g/mol. The predicted molar refractivity (Wildman–Crippen MR) is 45.5 cm³/mol. The van der Waals surface area contributed by atoms with Gasteiger partial charge in [0.2, 0.25) is 0 Å². The van der Waals surface area contributed by atoms with E-state index in [4.69, 9.17) is 5.11 Å². The molecule has 0 atom stereocenters. The Labute approximate surface area is 75.4 Å². The van der Waals surface area contributed by atoms with E-state index in [2.05, 4.69) is 4.74 Å². The lowest BCUT2D eigenvalue weighted by Gasteiger charge is -2.03. The van der Waals surface area contributed by atoms with Crippen LogP contribution >= 0.6 is 0 Å². The number of rotatable bonds is 2. The van der Waals surface area contributed by atoms with E-state index in [9.17, 15) is 9.90 Å². The lowest BCUT2D eigenvalue weighted by atomic mass is 10.1. The molecule has 4 nitrogen and oxygen atoms in total. The fraction of sp³-hybridized carbons (Fsp3) is 0.222. The summed E-state index contributed by atoms with van der Waals surface area (Å²) in [6.45, 7) is 0. The maximum Gasteiger partial charge on any atom is 0.310 e. The van der Waals surface area contributed by atoms with Gasteiger partial charge in [-0.1, -0.05) is 0 Å². The molecule has 4 heteroatoms. The summed E-state index contributed by atoms with van der Waals surface area (Å²) in [4.78, 5) is 10.8. The third-order valence-electron chi connectivity index (χ3n) is 1.63. The smallest absolute Gasteiger partial charge is 0.310 e. The molecular weight excluding hydrogens is 172 g/mol. The molecule has 0 amide bonds. The quantitative estimate of drug-likeness (QED) is 0.524. The Morgan fingerprint density at radius 2 is 2.15 bits per heavy atom. The van der Waals surface area contributed by atoms with Gasteiger partial charge in [0, 0.05) is 5.56 Å². The highest BCUT2D eigenvalue weighted by molar-refractivity contribution is 5.73. The van der Waals surface area contributed by atoms with Crippen LogP contribution in [0.15, 0.2) is 18.2 Å². The van der Waals surface area contributed by atoms with Crippen molar-refractivity contribution >= 4 is 5.97 Å². The molecule has 1 rings (SSSR count). The molecule has 0 saturated heterocycles. The Morgan fingerprint density at radius 1 is 1.46 bits per heavy atom. The number of methoxy groups -OCH3 is 1. The van der Waals surface area contributed by atoms with Crippen LogP contribution in [0.3, 0.4) is 0 Å². The second kappa shape index (κ2) is 3.80. The van der Waals surface area contributed by atoms with Crippen molar-refractivity contribution in [1.82, 2.24) is 0 Å². The molecule has 70 valence electrons. The number of hydrogen-bond donors (Lipinski definition) is 2. The van der Waals surface area contributed by atoms with Crippen molar-refractivity contribution in [2.24, 2.45) is 0 Å². The lowest BCUT2D eigenvalue weighted by Crippen LogP contribution is -2.04. The van der Waals surface area contributed by atoms with Crippen molar-refractivity contribution in [2.75, 3.05) is 7.11 Å². The summed E-state index contributed by atoms with van der Waals surface area (Å²) in [5.41, 5.74) is 0.354. The van der Waals surface area contributed by atoms with E-state index in [0.717, 1.165) is 0 Å². The van der Waals surface area contributed by atoms with Gasteiger partial charge in [0.15, 0.2) is 0 Å². The zero-order valence-corrected chi connectivity index (χ0v) is 7.15. The molecule has 0 aliphatic rings. The van der Waals surface area contributed by atoms with Gasteiger partial charge in [-0.15, -0.1) is 0 Å². The van der Waals surface area contributed by atoms with E-state index >= 15 is 0 Å². The number of benzene rings is 1. The molecule has 13 heavy (non-hydrogen) atoms. The first-order chi connectivity index (χ1) is 6.13. The highest BCUT2D eigenvalue weighted by atomic mass is 16.5. The standard InChI is InChI=1S/C9H10O4/c1-13-9(12)5-6-4-7(10)2-3-8(6)11/h2-4,10-11H,5H2,1H3. The van der Waals surface area contributed by atoms with Gasteiger partial charge in [0.25, 0.3) is 0 Å². The van der Waals surface area contributed by atoms with Crippen LogP contribution in [0, 0.1) is 0 Å². The number of carbonyl (C=O) groups excluding carboxylic acids is 1. The Kier molecular flexibility index (Phi) is 2.74. The summed E-state index contributed by atoms with van der Waals surface area (Å²) in [5.74, 6) is -0.471. The molecule has 0 aliphatic heterocycles. The molecule has 1 aromatic rings. The first-order valence-electron chi connectivity index (χ1n) is 3.71. The van der Waals surface area contributed by atoms with Gasteiger partial charge < -0.3 is 14.9 Å². The third kappa shape index (κ3) is 2.37.